The molecule has 1 heterocycles. The number of hydrogen-bond donors (Lipinski definition) is 0. The molecule has 0 radical (unpaired) electrons. The Kier molecular flexibility index (Phi) is 2.66. The van der Waals surface area contributed by atoms with E-state index in [9.17, 15) is 0 Å². The fourth-order valence-electron chi connectivity index (χ4n) is 1.44. The van der Waals surface area contributed by atoms with Gasteiger partial charge in [0.1, 0.15) is 12.5 Å². The number of nitrogens with zero attached hydrogens (tertiary/aromatic N) is 3. The van der Waals surface area contributed by atoms with E-state index in [0.29, 0.717) is 6.17 Å². The van der Waals surface area contributed by atoms with E-state index in [-0.39, 0.29) is 5.41 Å². The quantitative estimate of drug-likeness (QED) is 0.648. The fourth-order valence-corrected chi connectivity index (χ4v) is 2.35. The summed E-state index contributed by atoms with van der Waals surface area (Å²) in [5.74, 6) is 0. The van der Waals surface area contributed by atoms with Gasteiger partial charge in [-0.1, -0.05) is 20.8 Å². The van der Waals surface area contributed by atoms with Gasteiger partial charge in [0.25, 0.3) is 0 Å². The third-order valence-corrected chi connectivity index (χ3v) is 2.50. The summed E-state index contributed by atoms with van der Waals surface area (Å²) in [4.78, 5) is 0. The Morgan fingerprint density at radius 2 is 2.08 bits per heavy atom. The average molecular weight is 234 g/mol. The molecule has 0 spiro atoms. The lowest BCUT2D eigenvalue weighted by atomic mass is 9.92. The predicted octanol–water partition coefficient (Wildman–Crippen LogP) is 2.25. The summed E-state index contributed by atoms with van der Waals surface area (Å²) in [6, 6.07) is 0. The Bertz CT molecular complexity index is 185. The highest BCUT2D eigenvalue weighted by molar-refractivity contribution is 9.07. The van der Waals surface area contributed by atoms with Gasteiger partial charge in [0.2, 0.25) is 0 Å². The summed E-state index contributed by atoms with van der Waals surface area (Å²) in [5.41, 5.74) is 0.204. The van der Waals surface area contributed by atoms with Crippen LogP contribution in [0.5, 0.6) is 0 Å². The molecule has 0 saturated carbocycles. The van der Waals surface area contributed by atoms with Gasteiger partial charge in [-0.05, 0) is 6.92 Å². The van der Waals surface area contributed by atoms with Gasteiger partial charge in [0.05, 0.1) is 16.1 Å². The highest BCUT2D eigenvalue weighted by atomic mass is 79.9. The summed E-state index contributed by atoms with van der Waals surface area (Å²) >= 11 is 3.46. The van der Waals surface area contributed by atoms with Crippen LogP contribution in [0.15, 0.2) is 5.10 Å². The van der Waals surface area contributed by atoms with Crippen molar-refractivity contribution in [2.24, 2.45) is 10.5 Å². The molecule has 0 aromatic carbocycles. The Morgan fingerprint density at radius 3 is 2.42 bits per heavy atom. The van der Waals surface area contributed by atoms with E-state index in [1.807, 2.05) is 10.3 Å². The van der Waals surface area contributed by atoms with E-state index in [0.717, 1.165) is 6.54 Å². The summed E-state index contributed by atoms with van der Waals surface area (Å²) in [5, 5.41) is 6.35. The van der Waals surface area contributed by atoms with Gasteiger partial charge in [0, 0.05) is 12.0 Å². The van der Waals surface area contributed by atoms with E-state index < -0.39 is 0 Å². The van der Waals surface area contributed by atoms with Crippen molar-refractivity contribution in [3.05, 3.63) is 0 Å². The van der Waals surface area contributed by atoms with E-state index >= 15 is 0 Å². The second-order valence-corrected chi connectivity index (χ2v) is 4.89. The summed E-state index contributed by atoms with van der Waals surface area (Å²) in [6.07, 6.45) is 2.14. The lowest BCUT2D eigenvalue weighted by Gasteiger charge is -2.36. The Hall–Kier alpha value is -0.250. The molecule has 0 bridgehead atoms. The Morgan fingerprint density at radius 1 is 1.50 bits per heavy atom. The first-order valence-corrected chi connectivity index (χ1v) is 4.92. The molecule has 3 nitrogen and oxygen atoms in total. The van der Waals surface area contributed by atoms with Crippen LogP contribution in [0, 0.1) is 5.41 Å². The zero-order chi connectivity index (χ0) is 9.35. The van der Waals surface area contributed by atoms with Crippen molar-refractivity contribution in [1.82, 2.24) is 8.93 Å². The third-order valence-electron chi connectivity index (χ3n) is 1.92. The minimum absolute atomic E-state index is 0.204. The lowest BCUT2D eigenvalue weighted by Crippen LogP contribution is -2.44. The largest absolute Gasteiger partial charge is 0.274 e. The van der Waals surface area contributed by atoms with Crippen LogP contribution in [0.25, 0.3) is 0 Å². The lowest BCUT2D eigenvalue weighted by molar-refractivity contribution is 0.0826. The van der Waals surface area contributed by atoms with Crippen LogP contribution in [-0.2, 0) is 0 Å². The molecule has 0 fully saturated rings. The highest BCUT2D eigenvalue weighted by Gasteiger charge is 2.35. The van der Waals surface area contributed by atoms with Gasteiger partial charge in [-0.25, -0.2) is 0 Å². The second kappa shape index (κ2) is 3.24. The SMILES string of the molecule is CCN1N=CN(Br)C1C(C)(C)C. The summed E-state index contributed by atoms with van der Waals surface area (Å²) in [6.45, 7) is 9.69. The zero-order valence-corrected chi connectivity index (χ0v) is 9.67. The monoisotopic (exact) mass is 233 g/mol. The molecule has 0 N–H and O–H groups in total. The number of hydrazone groups is 1. The summed E-state index contributed by atoms with van der Waals surface area (Å²) in [7, 11) is 0. The minimum atomic E-state index is 0.204. The fraction of sp³-hybridized carbons (Fsp3) is 0.875. The van der Waals surface area contributed by atoms with E-state index in [1.165, 1.54) is 0 Å². The van der Waals surface area contributed by atoms with Crippen LogP contribution in [0.2, 0.25) is 0 Å². The van der Waals surface area contributed by atoms with Crippen molar-refractivity contribution in [3.63, 3.8) is 0 Å². The van der Waals surface area contributed by atoms with Crippen molar-refractivity contribution < 1.29 is 0 Å². The molecule has 0 aromatic heterocycles. The molecular weight excluding hydrogens is 218 g/mol. The van der Waals surface area contributed by atoms with Gasteiger partial charge in [-0.3, -0.25) is 8.93 Å². The molecule has 1 rings (SSSR count). The standard InChI is InChI=1S/C8H16BrN3/c1-5-12-7(8(2,3)4)11(9)6-10-12/h6-7H,5H2,1-4H3. The zero-order valence-electron chi connectivity index (χ0n) is 8.08. The van der Waals surface area contributed by atoms with E-state index in [4.69, 9.17) is 0 Å². The van der Waals surface area contributed by atoms with Crippen molar-refractivity contribution >= 4 is 22.5 Å². The first-order chi connectivity index (χ1) is 5.46. The Balaban J connectivity index is 2.75. The van der Waals surface area contributed by atoms with Crippen molar-refractivity contribution in [2.75, 3.05) is 6.54 Å². The van der Waals surface area contributed by atoms with Crippen LogP contribution in [0.4, 0.5) is 0 Å². The van der Waals surface area contributed by atoms with Gasteiger partial charge in [-0.15, -0.1) is 0 Å². The van der Waals surface area contributed by atoms with Crippen LogP contribution < -0.4 is 0 Å². The van der Waals surface area contributed by atoms with E-state index in [1.54, 1.807) is 0 Å². The first-order valence-electron chi connectivity index (χ1n) is 4.21. The van der Waals surface area contributed by atoms with Gasteiger partial charge >= 0.3 is 0 Å². The van der Waals surface area contributed by atoms with Gasteiger partial charge < -0.3 is 0 Å². The summed E-state index contributed by atoms with van der Waals surface area (Å²) < 4.78 is 1.98. The Labute approximate surface area is 82.8 Å². The maximum Gasteiger partial charge on any atom is 0.134 e. The molecule has 70 valence electrons. The number of halogens is 1. The predicted molar refractivity (Wildman–Crippen MR) is 54.9 cm³/mol. The third kappa shape index (κ3) is 1.73. The first kappa shape index (κ1) is 9.84. The topological polar surface area (TPSA) is 18.8 Å². The molecule has 0 saturated heterocycles. The molecule has 0 amide bonds. The van der Waals surface area contributed by atoms with Crippen molar-refractivity contribution in [1.29, 1.82) is 0 Å². The molecule has 4 heteroatoms. The molecule has 1 atom stereocenters. The molecule has 12 heavy (non-hydrogen) atoms. The second-order valence-electron chi connectivity index (χ2n) is 4.07. The molecule has 1 aliphatic heterocycles. The van der Waals surface area contributed by atoms with Crippen LogP contribution >= 0.6 is 16.1 Å². The van der Waals surface area contributed by atoms with Crippen LogP contribution in [-0.4, -0.2) is 28.0 Å². The van der Waals surface area contributed by atoms with E-state index in [2.05, 4.69) is 54.0 Å². The number of hydrogen-bond acceptors (Lipinski definition) is 3. The van der Waals surface area contributed by atoms with Crippen LogP contribution in [0.1, 0.15) is 27.7 Å². The van der Waals surface area contributed by atoms with Gasteiger partial charge in [0.15, 0.2) is 0 Å². The average Bonchev–Trinajstić information content (AvgIpc) is 2.29. The molecule has 0 aromatic rings. The molecule has 0 aliphatic carbocycles. The van der Waals surface area contributed by atoms with Crippen molar-refractivity contribution in [3.8, 4) is 0 Å². The highest BCUT2D eigenvalue weighted by Crippen LogP contribution is 2.31. The molecular formula is C8H16BrN3. The van der Waals surface area contributed by atoms with Crippen LogP contribution in [0.3, 0.4) is 0 Å². The smallest absolute Gasteiger partial charge is 0.134 e. The number of rotatable bonds is 1. The maximum absolute atomic E-state index is 4.27. The normalized spacial score (nSPS) is 23.9. The maximum atomic E-state index is 4.27. The minimum Gasteiger partial charge on any atom is -0.274 e. The van der Waals surface area contributed by atoms with Gasteiger partial charge in [-0.2, -0.15) is 5.10 Å². The molecule has 1 aliphatic rings. The van der Waals surface area contributed by atoms with Crippen molar-refractivity contribution in [2.45, 2.75) is 33.9 Å². The molecule has 1 unspecified atom stereocenters.